The number of rotatable bonds is 2. The number of benzene rings is 2. The molecule has 3 rings (SSSR count). The highest BCUT2D eigenvalue weighted by atomic mass is 35.5. The maximum Gasteiger partial charge on any atom is 0.148 e. The van der Waals surface area contributed by atoms with Crippen LogP contribution in [-0.2, 0) is 5.88 Å². The van der Waals surface area contributed by atoms with Crippen LogP contribution in [0.1, 0.15) is 11.4 Å². The molecule has 0 bridgehead atoms. The van der Waals surface area contributed by atoms with Crippen LogP contribution in [-0.4, -0.2) is 9.55 Å². The molecule has 0 unspecified atom stereocenters. The van der Waals surface area contributed by atoms with Gasteiger partial charge in [0.25, 0.3) is 0 Å². The second-order valence-corrected chi connectivity index (χ2v) is 5.29. The van der Waals surface area contributed by atoms with Gasteiger partial charge in [0, 0.05) is 5.02 Å². The van der Waals surface area contributed by atoms with Crippen LogP contribution >= 0.6 is 23.2 Å². The molecule has 0 fully saturated rings. The normalized spacial score (nSPS) is 11.2. The summed E-state index contributed by atoms with van der Waals surface area (Å²) in [6, 6.07) is 10.4. The van der Waals surface area contributed by atoms with Crippen molar-refractivity contribution in [1.29, 1.82) is 0 Å². The first kappa shape index (κ1) is 13.4. The highest BCUT2D eigenvalue weighted by Gasteiger charge is 2.15. The lowest BCUT2D eigenvalue weighted by Gasteiger charge is -2.09. The van der Waals surface area contributed by atoms with Crippen LogP contribution in [0.15, 0.2) is 36.4 Å². The van der Waals surface area contributed by atoms with Crippen molar-refractivity contribution in [3.63, 3.8) is 0 Å². The van der Waals surface area contributed by atoms with Crippen molar-refractivity contribution in [2.45, 2.75) is 12.8 Å². The zero-order chi connectivity index (χ0) is 14.3. The summed E-state index contributed by atoms with van der Waals surface area (Å²) < 4.78 is 15.9. The number of hydrogen-bond donors (Lipinski definition) is 0. The second-order valence-electron chi connectivity index (χ2n) is 4.58. The maximum absolute atomic E-state index is 14.2. The minimum Gasteiger partial charge on any atom is -0.292 e. The topological polar surface area (TPSA) is 17.8 Å². The molecule has 3 aromatic rings. The monoisotopic (exact) mass is 308 g/mol. The van der Waals surface area contributed by atoms with E-state index >= 15 is 0 Å². The summed E-state index contributed by atoms with van der Waals surface area (Å²) in [5.41, 5.74) is 3.12. The van der Waals surface area contributed by atoms with E-state index in [2.05, 4.69) is 4.98 Å². The summed E-state index contributed by atoms with van der Waals surface area (Å²) in [4.78, 5) is 4.46. The van der Waals surface area contributed by atoms with Crippen molar-refractivity contribution in [2.24, 2.45) is 0 Å². The number of halogens is 3. The molecule has 0 saturated heterocycles. The zero-order valence-corrected chi connectivity index (χ0v) is 12.2. The largest absolute Gasteiger partial charge is 0.292 e. The summed E-state index contributed by atoms with van der Waals surface area (Å²) in [5, 5.41) is 0.360. The summed E-state index contributed by atoms with van der Waals surface area (Å²) in [6.45, 7) is 1.99. The van der Waals surface area contributed by atoms with Gasteiger partial charge in [0.2, 0.25) is 0 Å². The molecule has 0 aliphatic heterocycles. The Bertz CT molecular complexity index is 796. The smallest absolute Gasteiger partial charge is 0.148 e. The van der Waals surface area contributed by atoms with Crippen molar-refractivity contribution in [1.82, 2.24) is 9.55 Å². The van der Waals surface area contributed by atoms with Crippen LogP contribution in [0.2, 0.25) is 5.02 Å². The van der Waals surface area contributed by atoms with Crippen LogP contribution in [0.5, 0.6) is 0 Å². The van der Waals surface area contributed by atoms with E-state index in [1.54, 1.807) is 16.7 Å². The molecule has 1 heterocycles. The maximum atomic E-state index is 14.2. The number of aromatic nitrogens is 2. The highest BCUT2D eigenvalue weighted by molar-refractivity contribution is 6.30. The minimum absolute atomic E-state index is 0.204. The van der Waals surface area contributed by atoms with E-state index in [4.69, 9.17) is 23.2 Å². The summed E-state index contributed by atoms with van der Waals surface area (Å²) >= 11 is 11.7. The first-order chi connectivity index (χ1) is 9.60. The standard InChI is InChI=1S/C15H11Cl2FN2/c1-9-2-4-14-12(6-9)19-15(8-16)20(14)13-5-3-10(17)7-11(13)18/h2-7H,8H2,1H3. The Morgan fingerprint density at radius 3 is 2.70 bits per heavy atom. The lowest BCUT2D eigenvalue weighted by molar-refractivity contribution is 0.618. The van der Waals surface area contributed by atoms with Gasteiger partial charge >= 0.3 is 0 Å². The SMILES string of the molecule is Cc1ccc2c(c1)nc(CCl)n2-c1ccc(Cl)cc1F. The number of aryl methyl sites for hydroxylation is 1. The van der Waals surface area contributed by atoms with Gasteiger partial charge in [-0.05, 0) is 42.8 Å². The molecule has 0 atom stereocenters. The molecule has 102 valence electrons. The molecule has 0 amide bonds. The third-order valence-electron chi connectivity index (χ3n) is 3.15. The Kier molecular flexibility index (Phi) is 3.40. The van der Waals surface area contributed by atoms with Gasteiger partial charge < -0.3 is 0 Å². The minimum atomic E-state index is -0.399. The average Bonchev–Trinajstić information content (AvgIpc) is 2.76. The van der Waals surface area contributed by atoms with E-state index in [1.807, 2.05) is 25.1 Å². The molecule has 20 heavy (non-hydrogen) atoms. The predicted octanol–water partition coefficient (Wildman–Crippen LogP) is 4.87. The van der Waals surface area contributed by atoms with E-state index in [0.717, 1.165) is 16.6 Å². The van der Waals surface area contributed by atoms with Crippen molar-refractivity contribution in [2.75, 3.05) is 0 Å². The molecule has 0 spiro atoms. The van der Waals surface area contributed by atoms with Gasteiger partial charge in [-0.2, -0.15) is 0 Å². The Labute approximate surface area is 125 Å². The van der Waals surface area contributed by atoms with Crippen molar-refractivity contribution in [3.05, 3.63) is 58.6 Å². The Balaban J connectivity index is 2.34. The predicted molar refractivity (Wildman–Crippen MR) is 80.3 cm³/mol. The lowest BCUT2D eigenvalue weighted by Crippen LogP contribution is -2.02. The van der Waals surface area contributed by atoms with Gasteiger partial charge in [-0.15, -0.1) is 11.6 Å². The fourth-order valence-corrected chi connectivity index (χ4v) is 2.60. The Morgan fingerprint density at radius 1 is 1.20 bits per heavy atom. The van der Waals surface area contributed by atoms with Crippen molar-refractivity contribution < 1.29 is 4.39 Å². The van der Waals surface area contributed by atoms with Crippen molar-refractivity contribution >= 4 is 34.2 Å². The summed E-state index contributed by atoms with van der Waals surface area (Å²) in [6.07, 6.45) is 0. The van der Waals surface area contributed by atoms with Gasteiger partial charge in [0.15, 0.2) is 0 Å². The third kappa shape index (κ3) is 2.17. The van der Waals surface area contributed by atoms with Gasteiger partial charge in [0.05, 0.1) is 22.6 Å². The van der Waals surface area contributed by atoms with E-state index in [-0.39, 0.29) is 5.88 Å². The number of nitrogens with zero attached hydrogens (tertiary/aromatic N) is 2. The van der Waals surface area contributed by atoms with Gasteiger partial charge in [-0.25, -0.2) is 9.37 Å². The van der Waals surface area contributed by atoms with Crippen LogP contribution < -0.4 is 0 Å². The highest BCUT2D eigenvalue weighted by Crippen LogP contribution is 2.26. The third-order valence-corrected chi connectivity index (χ3v) is 3.62. The van der Waals surface area contributed by atoms with Crippen molar-refractivity contribution in [3.8, 4) is 5.69 Å². The number of fused-ring (bicyclic) bond motifs is 1. The van der Waals surface area contributed by atoms with Gasteiger partial charge in [0.1, 0.15) is 11.6 Å². The van der Waals surface area contributed by atoms with Crippen LogP contribution in [0.3, 0.4) is 0 Å². The first-order valence-electron chi connectivity index (χ1n) is 6.09. The second kappa shape index (κ2) is 5.08. The Morgan fingerprint density at radius 2 is 2.00 bits per heavy atom. The quantitative estimate of drug-likeness (QED) is 0.618. The summed E-state index contributed by atoms with van der Waals surface area (Å²) in [7, 11) is 0. The number of alkyl halides is 1. The molecule has 0 aliphatic carbocycles. The van der Waals surface area contributed by atoms with E-state index in [9.17, 15) is 4.39 Å². The molecular formula is C15H11Cl2FN2. The fourth-order valence-electron chi connectivity index (χ4n) is 2.26. The zero-order valence-electron chi connectivity index (χ0n) is 10.7. The molecule has 0 saturated carbocycles. The molecule has 0 radical (unpaired) electrons. The molecule has 0 aliphatic rings. The number of hydrogen-bond acceptors (Lipinski definition) is 1. The van der Waals surface area contributed by atoms with Crippen LogP contribution in [0.25, 0.3) is 16.7 Å². The molecule has 2 nitrogen and oxygen atoms in total. The summed E-state index contributed by atoms with van der Waals surface area (Å²) in [5.74, 6) is 0.410. The molecule has 0 N–H and O–H groups in total. The molecule has 5 heteroatoms. The molecule has 1 aromatic heterocycles. The van der Waals surface area contributed by atoms with E-state index in [1.165, 1.54) is 6.07 Å². The van der Waals surface area contributed by atoms with Gasteiger partial charge in [-0.1, -0.05) is 17.7 Å². The van der Waals surface area contributed by atoms with Crippen LogP contribution in [0, 0.1) is 12.7 Å². The fraction of sp³-hybridized carbons (Fsp3) is 0.133. The lowest BCUT2D eigenvalue weighted by atomic mass is 10.2. The van der Waals surface area contributed by atoms with Gasteiger partial charge in [-0.3, -0.25) is 4.57 Å². The van der Waals surface area contributed by atoms with E-state index < -0.39 is 5.82 Å². The number of imidazole rings is 1. The Hall–Kier alpha value is -1.58. The average molecular weight is 309 g/mol. The molecule has 2 aromatic carbocycles. The van der Waals surface area contributed by atoms with E-state index in [0.29, 0.717) is 16.5 Å². The first-order valence-corrected chi connectivity index (χ1v) is 7.01. The van der Waals surface area contributed by atoms with Crippen LogP contribution in [0.4, 0.5) is 4.39 Å². The molecular weight excluding hydrogens is 298 g/mol.